The van der Waals surface area contributed by atoms with Crippen LogP contribution in [0.5, 0.6) is 0 Å². The molecule has 1 fully saturated rings. The fourth-order valence-corrected chi connectivity index (χ4v) is 1.69. The first kappa shape index (κ1) is 15.4. The Hall–Kier alpha value is -1.67. The van der Waals surface area contributed by atoms with Gasteiger partial charge >= 0.3 is 17.9 Å². The Kier molecular flexibility index (Phi) is 5.25. The van der Waals surface area contributed by atoms with Gasteiger partial charge in [-0.1, -0.05) is 0 Å². The third-order valence-corrected chi connectivity index (χ3v) is 2.34. The van der Waals surface area contributed by atoms with E-state index in [9.17, 15) is 19.5 Å². The van der Waals surface area contributed by atoms with Gasteiger partial charge in [-0.25, -0.2) is 0 Å². The molecule has 4 atom stereocenters. The highest BCUT2D eigenvalue weighted by Crippen LogP contribution is 2.26. The molecule has 0 radical (unpaired) electrons. The SMILES string of the molecule is CC(=O)OC[C@H]1OC(O)[C@H](OC(C)=O)[C@@H]1OC(C)=O. The summed E-state index contributed by atoms with van der Waals surface area (Å²) in [5.74, 6) is -1.83. The van der Waals surface area contributed by atoms with Gasteiger partial charge in [0.05, 0.1) is 0 Å². The second kappa shape index (κ2) is 6.48. The van der Waals surface area contributed by atoms with E-state index in [-0.39, 0.29) is 6.61 Å². The molecule has 0 aliphatic carbocycles. The molecule has 0 aromatic rings. The number of aliphatic hydroxyl groups excluding tert-OH is 1. The van der Waals surface area contributed by atoms with Crippen molar-refractivity contribution in [2.24, 2.45) is 0 Å². The third-order valence-electron chi connectivity index (χ3n) is 2.34. The van der Waals surface area contributed by atoms with Crippen LogP contribution in [-0.2, 0) is 33.3 Å². The maximum Gasteiger partial charge on any atom is 0.303 e. The van der Waals surface area contributed by atoms with Gasteiger partial charge in [0.1, 0.15) is 12.7 Å². The van der Waals surface area contributed by atoms with Crippen LogP contribution in [0.4, 0.5) is 0 Å². The van der Waals surface area contributed by atoms with Gasteiger partial charge in [0.25, 0.3) is 0 Å². The number of hydrogen-bond donors (Lipinski definition) is 1. The van der Waals surface area contributed by atoms with Crippen molar-refractivity contribution in [2.75, 3.05) is 6.61 Å². The largest absolute Gasteiger partial charge is 0.463 e. The van der Waals surface area contributed by atoms with E-state index in [4.69, 9.17) is 18.9 Å². The van der Waals surface area contributed by atoms with Crippen molar-refractivity contribution in [1.82, 2.24) is 0 Å². The smallest absolute Gasteiger partial charge is 0.303 e. The van der Waals surface area contributed by atoms with Gasteiger partial charge in [0, 0.05) is 20.8 Å². The maximum absolute atomic E-state index is 11.0. The number of aliphatic hydroxyl groups is 1. The Morgan fingerprint density at radius 2 is 1.53 bits per heavy atom. The van der Waals surface area contributed by atoms with Gasteiger partial charge in [0.2, 0.25) is 0 Å². The van der Waals surface area contributed by atoms with Gasteiger partial charge < -0.3 is 24.1 Å². The number of carbonyl (C=O) groups is 3. The maximum atomic E-state index is 11.0. The summed E-state index contributed by atoms with van der Waals surface area (Å²) < 4.78 is 19.6. The second-order valence-electron chi connectivity index (χ2n) is 4.02. The first-order chi connectivity index (χ1) is 8.81. The van der Waals surface area contributed by atoms with Crippen molar-refractivity contribution in [3.63, 3.8) is 0 Å². The molecule has 1 aliphatic heterocycles. The monoisotopic (exact) mass is 276 g/mol. The molecule has 1 heterocycles. The highest BCUT2D eigenvalue weighted by Gasteiger charge is 2.48. The molecule has 1 unspecified atom stereocenters. The molecule has 8 heteroatoms. The molecule has 1 saturated heterocycles. The lowest BCUT2D eigenvalue weighted by Crippen LogP contribution is -2.41. The summed E-state index contributed by atoms with van der Waals surface area (Å²) in [4.78, 5) is 32.7. The second-order valence-corrected chi connectivity index (χ2v) is 4.02. The molecule has 0 aromatic carbocycles. The van der Waals surface area contributed by atoms with Crippen LogP contribution in [0, 0.1) is 0 Å². The van der Waals surface area contributed by atoms with E-state index in [0.717, 1.165) is 6.92 Å². The lowest BCUT2D eigenvalue weighted by Gasteiger charge is -2.21. The Morgan fingerprint density at radius 1 is 1.00 bits per heavy atom. The van der Waals surface area contributed by atoms with Crippen LogP contribution in [0.2, 0.25) is 0 Å². The van der Waals surface area contributed by atoms with Crippen LogP contribution in [0.1, 0.15) is 20.8 Å². The molecule has 1 N–H and O–H groups in total. The Morgan fingerprint density at radius 3 is 2.00 bits per heavy atom. The Labute approximate surface area is 109 Å². The standard InChI is InChI=1S/C11H16O8/c1-5(12)16-4-8-9(17-6(2)13)10(11(15)19-8)18-7(3)14/h8-11,15H,4H2,1-3H3/t8-,9-,10-,11?/m1/s1. The minimum absolute atomic E-state index is 0.220. The lowest BCUT2D eigenvalue weighted by molar-refractivity contribution is -0.174. The van der Waals surface area contributed by atoms with E-state index in [1.54, 1.807) is 0 Å². The summed E-state index contributed by atoms with van der Waals surface area (Å²) >= 11 is 0. The molecular formula is C11H16O8. The van der Waals surface area contributed by atoms with Crippen LogP contribution in [0.15, 0.2) is 0 Å². The summed E-state index contributed by atoms with van der Waals surface area (Å²) in [6, 6.07) is 0. The molecule has 19 heavy (non-hydrogen) atoms. The number of rotatable bonds is 4. The van der Waals surface area contributed by atoms with E-state index in [1.165, 1.54) is 13.8 Å². The van der Waals surface area contributed by atoms with Gasteiger partial charge in [-0.15, -0.1) is 0 Å². The average molecular weight is 276 g/mol. The average Bonchev–Trinajstić information content (AvgIpc) is 2.53. The minimum atomic E-state index is -1.45. The van der Waals surface area contributed by atoms with Crippen LogP contribution in [-0.4, -0.2) is 54.2 Å². The molecule has 1 rings (SSSR count). The molecular weight excluding hydrogens is 260 g/mol. The lowest BCUT2D eigenvalue weighted by atomic mass is 10.1. The topological polar surface area (TPSA) is 108 Å². The molecule has 0 spiro atoms. The van der Waals surface area contributed by atoms with E-state index >= 15 is 0 Å². The predicted molar refractivity (Wildman–Crippen MR) is 58.6 cm³/mol. The zero-order valence-corrected chi connectivity index (χ0v) is 10.8. The fourth-order valence-electron chi connectivity index (χ4n) is 1.69. The van der Waals surface area contributed by atoms with E-state index in [2.05, 4.69) is 0 Å². The minimum Gasteiger partial charge on any atom is -0.463 e. The molecule has 0 aromatic heterocycles. The van der Waals surface area contributed by atoms with Gasteiger partial charge in [-0.3, -0.25) is 14.4 Å². The van der Waals surface area contributed by atoms with Crippen molar-refractivity contribution in [2.45, 2.75) is 45.4 Å². The van der Waals surface area contributed by atoms with Gasteiger partial charge in [0.15, 0.2) is 18.5 Å². The molecule has 1 aliphatic rings. The number of hydrogen-bond acceptors (Lipinski definition) is 8. The number of carbonyl (C=O) groups excluding carboxylic acids is 3. The van der Waals surface area contributed by atoms with Crippen molar-refractivity contribution < 1.29 is 38.4 Å². The van der Waals surface area contributed by atoms with Crippen LogP contribution < -0.4 is 0 Å². The molecule has 108 valence electrons. The van der Waals surface area contributed by atoms with E-state index in [1.807, 2.05) is 0 Å². The third kappa shape index (κ3) is 4.49. The zero-order chi connectivity index (χ0) is 14.6. The first-order valence-corrected chi connectivity index (χ1v) is 5.62. The molecule has 8 nitrogen and oxygen atoms in total. The van der Waals surface area contributed by atoms with Gasteiger partial charge in [-0.05, 0) is 0 Å². The molecule has 0 bridgehead atoms. The zero-order valence-electron chi connectivity index (χ0n) is 10.8. The Bertz CT molecular complexity index is 366. The van der Waals surface area contributed by atoms with Crippen molar-refractivity contribution in [3.8, 4) is 0 Å². The predicted octanol–water partition coefficient (Wildman–Crippen LogP) is -0.870. The summed E-state index contributed by atoms with van der Waals surface area (Å²) in [5, 5.41) is 9.63. The summed E-state index contributed by atoms with van der Waals surface area (Å²) in [6.45, 7) is 3.30. The number of esters is 3. The summed E-state index contributed by atoms with van der Waals surface area (Å²) in [7, 11) is 0. The quantitative estimate of drug-likeness (QED) is 0.521. The molecule has 0 amide bonds. The fraction of sp³-hybridized carbons (Fsp3) is 0.727. The highest BCUT2D eigenvalue weighted by molar-refractivity contribution is 5.67. The van der Waals surface area contributed by atoms with Crippen LogP contribution in [0.25, 0.3) is 0 Å². The van der Waals surface area contributed by atoms with Crippen molar-refractivity contribution >= 4 is 17.9 Å². The Balaban J connectivity index is 2.76. The van der Waals surface area contributed by atoms with Crippen LogP contribution >= 0.6 is 0 Å². The molecule has 0 saturated carbocycles. The van der Waals surface area contributed by atoms with Crippen LogP contribution in [0.3, 0.4) is 0 Å². The van der Waals surface area contributed by atoms with E-state index in [0.29, 0.717) is 0 Å². The number of ether oxygens (including phenoxy) is 4. The van der Waals surface area contributed by atoms with Crippen molar-refractivity contribution in [1.29, 1.82) is 0 Å². The van der Waals surface area contributed by atoms with Crippen molar-refractivity contribution in [3.05, 3.63) is 0 Å². The highest BCUT2D eigenvalue weighted by atomic mass is 16.7. The van der Waals surface area contributed by atoms with Gasteiger partial charge in [-0.2, -0.15) is 0 Å². The summed E-state index contributed by atoms with van der Waals surface area (Å²) in [5.41, 5.74) is 0. The first-order valence-electron chi connectivity index (χ1n) is 5.62. The van der Waals surface area contributed by atoms with E-state index < -0.39 is 42.5 Å². The normalized spacial score (nSPS) is 29.7. The summed E-state index contributed by atoms with van der Waals surface area (Å²) in [6.07, 6.45) is -4.53.